The number of fused-ring (bicyclic) bond motifs is 1. The van der Waals surface area contributed by atoms with Crippen molar-refractivity contribution >= 4 is 29.0 Å². The molecule has 0 aliphatic carbocycles. The lowest BCUT2D eigenvalue weighted by Crippen LogP contribution is -2.28. The van der Waals surface area contributed by atoms with Crippen LogP contribution < -0.4 is 5.56 Å². The van der Waals surface area contributed by atoms with Crippen molar-refractivity contribution in [2.75, 3.05) is 13.1 Å². The Hall–Kier alpha value is -2.73. The molecular weight excluding hydrogens is 358 g/mol. The number of aromatic amines is 1. The molecule has 1 aliphatic heterocycles. The summed E-state index contributed by atoms with van der Waals surface area (Å²) in [5, 5.41) is 0.551. The van der Waals surface area contributed by atoms with Crippen LogP contribution in [-0.2, 0) is 13.0 Å². The molecule has 2 heterocycles. The number of aromatic nitrogens is 2. The van der Waals surface area contributed by atoms with E-state index in [1.165, 1.54) is 0 Å². The molecule has 1 saturated heterocycles. The van der Waals surface area contributed by atoms with E-state index in [2.05, 4.69) is 4.98 Å². The maximum absolute atomic E-state index is 12.9. The summed E-state index contributed by atoms with van der Waals surface area (Å²) in [6.45, 7) is 2.12. The quantitative estimate of drug-likeness (QED) is 0.706. The zero-order valence-corrected chi connectivity index (χ0v) is 15.8. The Morgan fingerprint density at radius 2 is 1.81 bits per heavy atom. The number of benzene rings is 2. The summed E-state index contributed by atoms with van der Waals surface area (Å²) in [5.74, 6) is 0.0157. The third kappa shape index (κ3) is 3.57. The second kappa shape index (κ2) is 7.48. The van der Waals surface area contributed by atoms with Crippen molar-refractivity contribution in [1.29, 1.82) is 0 Å². The summed E-state index contributed by atoms with van der Waals surface area (Å²) in [6, 6.07) is 15.2. The van der Waals surface area contributed by atoms with Crippen molar-refractivity contribution in [1.82, 2.24) is 14.5 Å². The number of carbonyl (C=O) groups excluding carboxylic acids is 1. The van der Waals surface area contributed by atoms with Gasteiger partial charge in [0.1, 0.15) is 0 Å². The highest BCUT2D eigenvalue weighted by molar-refractivity contribution is 7.71. The largest absolute Gasteiger partial charge is 0.339 e. The van der Waals surface area contributed by atoms with Crippen LogP contribution in [0.25, 0.3) is 10.9 Å². The van der Waals surface area contributed by atoms with E-state index in [0.717, 1.165) is 37.9 Å². The molecule has 2 aromatic carbocycles. The minimum absolute atomic E-state index is 0.0157. The smallest absolute Gasteiger partial charge is 0.262 e. The van der Waals surface area contributed by atoms with E-state index in [1.54, 1.807) is 22.8 Å². The van der Waals surface area contributed by atoms with Crippen LogP contribution in [0.1, 0.15) is 28.8 Å². The van der Waals surface area contributed by atoms with Gasteiger partial charge in [0.05, 0.1) is 10.9 Å². The van der Waals surface area contributed by atoms with E-state index in [9.17, 15) is 9.59 Å². The molecule has 1 N–H and O–H groups in total. The van der Waals surface area contributed by atoms with Crippen LogP contribution in [0.15, 0.2) is 53.3 Å². The highest BCUT2D eigenvalue weighted by atomic mass is 32.1. The molecule has 138 valence electrons. The molecule has 0 radical (unpaired) electrons. The number of rotatable bonds is 4. The first-order valence-electron chi connectivity index (χ1n) is 9.23. The molecule has 0 bridgehead atoms. The van der Waals surface area contributed by atoms with E-state index < -0.39 is 0 Å². The van der Waals surface area contributed by atoms with Gasteiger partial charge in [-0.3, -0.25) is 14.2 Å². The molecule has 4 rings (SSSR count). The van der Waals surface area contributed by atoms with E-state index in [4.69, 9.17) is 12.2 Å². The summed E-state index contributed by atoms with van der Waals surface area (Å²) in [4.78, 5) is 30.5. The molecule has 0 unspecified atom stereocenters. The average Bonchev–Trinajstić information content (AvgIpc) is 3.22. The molecule has 3 aromatic rings. The van der Waals surface area contributed by atoms with Gasteiger partial charge in [0.2, 0.25) is 0 Å². The van der Waals surface area contributed by atoms with Crippen LogP contribution in [-0.4, -0.2) is 33.4 Å². The number of aryl methyl sites for hydroxylation is 1. The molecule has 0 atom stereocenters. The van der Waals surface area contributed by atoms with Crippen molar-refractivity contribution in [2.45, 2.75) is 25.8 Å². The minimum atomic E-state index is -0.121. The van der Waals surface area contributed by atoms with Gasteiger partial charge in [-0.25, -0.2) is 0 Å². The van der Waals surface area contributed by atoms with Gasteiger partial charge in [-0.15, -0.1) is 0 Å². The van der Waals surface area contributed by atoms with Crippen LogP contribution >= 0.6 is 12.2 Å². The Morgan fingerprint density at radius 3 is 2.56 bits per heavy atom. The van der Waals surface area contributed by atoms with Gasteiger partial charge in [-0.1, -0.05) is 30.3 Å². The van der Waals surface area contributed by atoms with Crippen LogP contribution in [0.4, 0.5) is 0 Å². The van der Waals surface area contributed by atoms with Crippen LogP contribution in [0.5, 0.6) is 0 Å². The van der Waals surface area contributed by atoms with E-state index in [-0.39, 0.29) is 11.5 Å². The second-order valence-corrected chi connectivity index (χ2v) is 7.27. The summed E-state index contributed by atoms with van der Waals surface area (Å²) >= 11 is 5.41. The predicted octanol–water partition coefficient (Wildman–Crippen LogP) is 3.54. The maximum Gasteiger partial charge on any atom is 0.262 e. The third-order valence-electron chi connectivity index (χ3n) is 5.09. The van der Waals surface area contributed by atoms with Gasteiger partial charge in [0, 0.05) is 25.2 Å². The number of nitrogens with one attached hydrogen (secondary N) is 1. The van der Waals surface area contributed by atoms with Crippen molar-refractivity contribution in [3.8, 4) is 0 Å². The number of H-pyrrole nitrogens is 1. The fourth-order valence-corrected chi connectivity index (χ4v) is 3.86. The highest BCUT2D eigenvalue weighted by Gasteiger charge is 2.20. The van der Waals surface area contributed by atoms with Gasteiger partial charge in [-0.05, 0) is 55.2 Å². The van der Waals surface area contributed by atoms with Crippen molar-refractivity contribution < 1.29 is 4.79 Å². The number of hydrogen-bond acceptors (Lipinski definition) is 3. The Bertz CT molecular complexity index is 1100. The fraction of sp³-hybridized carbons (Fsp3) is 0.286. The van der Waals surface area contributed by atoms with Crippen molar-refractivity contribution in [3.05, 3.63) is 74.8 Å². The molecule has 1 fully saturated rings. The molecule has 1 aromatic heterocycles. The Kier molecular flexibility index (Phi) is 4.90. The fourth-order valence-electron chi connectivity index (χ4n) is 3.58. The number of likely N-dealkylation sites (tertiary alicyclic amines) is 1. The number of nitrogens with zero attached hydrogens (tertiary/aromatic N) is 2. The standard InChI is InChI=1S/C21H21N3O2S/c25-19(23-11-4-5-12-23)16-8-9-17-18(14-16)22-21(27)24(20(17)26)13-10-15-6-2-1-3-7-15/h1-3,6-9,14H,4-5,10-13H2,(H,22,27). The number of hydrogen-bond donors (Lipinski definition) is 1. The van der Waals surface area contributed by atoms with E-state index in [1.807, 2.05) is 35.2 Å². The second-order valence-electron chi connectivity index (χ2n) is 6.88. The predicted molar refractivity (Wildman–Crippen MR) is 109 cm³/mol. The zero-order chi connectivity index (χ0) is 18.8. The number of amides is 1. The summed E-state index contributed by atoms with van der Waals surface area (Å²) < 4.78 is 1.97. The highest BCUT2D eigenvalue weighted by Crippen LogP contribution is 2.16. The van der Waals surface area contributed by atoms with Gasteiger partial charge in [0.15, 0.2) is 4.77 Å². The van der Waals surface area contributed by atoms with Crippen LogP contribution in [0, 0.1) is 4.77 Å². The zero-order valence-electron chi connectivity index (χ0n) is 15.0. The first-order valence-corrected chi connectivity index (χ1v) is 9.64. The molecular formula is C21H21N3O2S. The van der Waals surface area contributed by atoms with Crippen molar-refractivity contribution in [2.24, 2.45) is 0 Å². The first kappa shape index (κ1) is 17.7. The molecule has 6 heteroatoms. The topological polar surface area (TPSA) is 58.1 Å². The summed E-state index contributed by atoms with van der Waals surface area (Å²) in [5.41, 5.74) is 2.25. The number of carbonyl (C=O) groups is 1. The van der Waals surface area contributed by atoms with Gasteiger partial charge in [-0.2, -0.15) is 0 Å². The van der Waals surface area contributed by atoms with Gasteiger partial charge in [0.25, 0.3) is 11.5 Å². The summed E-state index contributed by atoms with van der Waals surface area (Å²) in [7, 11) is 0. The van der Waals surface area contributed by atoms with Crippen molar-refractivity contribution in [3.63, 3.8) is 0 Å². The molecule has 1 aliphatic rings. The first-order chi connectivity index (χ1) is 13.1. The van der Waals surface area contributed by atoms with Gasteiger partial charge < -0.3 is 9.88 Å². The minimum Gasteiger partial charge on any atom is -0.339 e. The molecule has 27 heavy (non-hydrogen) atoms. The SMILES string of the molecule is O=C(c1ccc2c(=O)n(CCc3ccccc3)c(=S)[nH]c2c1)N1CCCC1. The molecule has 0 spiro atoms. The lowest BCUT2D eigenvalue weighted by Gasteiger charge is -2.15. The van der Waals surface area contributed by atoms with Crippen LogP contribution in [0.3, 0.4) is 0 Å². The van der Waals surface area contributed by atoms with E-state index >= 15 is 0 Å². The van der Waals surface area contributed by atoms with E-state index in [0.29, 0.717) is 27.8 Å². The van der Waals surface area contributed by atoms with Gasteiger partial charge >= 0.3 is 0 Å². The lowest BCUT2D eigenvalue weighted by atomic mass is 10.1. The summed E-state index contributed by atoms with van der Waals surface area (Å²) in [6.07, 6.45) is 2.83. The normalized spacial score (nSPS) is 14.0. The maximum atomic E-state index is 12.9. The Morgan fingerprint density at radius 1 is 1.07 bits per heavy atom. The lowest BCUT2D eigenvalue weighted by molar-refractivity contribution is 0.0793. The third-order valence-corrected chi connectivity index (χ3v) is 5.41. The Balaban J connectivity index is 1.65. The monoisotopic (exact) mass is 379 g/mol. The van der Waals surface area contributed by atoms with Crippen LogP contribution in [0.2, 0.25) is 0 Å². The molecule has 1 amide bonds. The molecule has 0 saturated carbocycles. The Labute approximate surface area is 162 Å². The average molecular weight is 379 g/mol. The molecule has 5 nitrogen and oxygen atoms in total.